The Bertz CT molecular complexity index is 933. The highest BCUT2D eigenvalue weighted by Gasteiger charge is 2.39. The number of carbonyl (C=O) groups excluding carboxylic acids is 3. The average Bonchev–Trinajstić information content (AvgIpc) is 2.99. The Kier molecular flexibility index (Phi) is 17.4. The molecule has 2 rings (SSSR count). The lowest BCUT2D eigenvalue weighted by molar-refractivity contribution is -0.139. The molecule has 0 heterocycles. The van der Waals surface area contributed by atoms with Crippen molar-refractivity contribution >= 4 is 17.7 Å². The van der Waals surface area contributed by atoms with E-state index in [4.69, 9.17) is 0 Å². The highest BCUT2D eigenvalue weighted by atomic mass is 16.3. The lowest BCUT2D eigenvalue weighted by Gasteiger charge is -2.37. The highest BCUT2D eigenvalue weighted by Crippen LogP contribution is 2.35. The molecule has 4 N–H and O–H groups in total. The number of carbonyl (C=O) groups is 3. The van der Waals surface area contributed by atoms with Crippen LogP contribution < -0.4 is 10.7 Å². The maximum atomic E-state index is 14.0. The predicted molar refractivity (Wildman–Crippen MR) is 175 cm³/mol. The van der Waals surface area contributed by atoms with Crippen LogP contribution in [-0.2, 0) is 14.4 Å². The van der Waals surface area contributed by atoms with Gasteiger partial charge in [-0.1, -0.05) is 41.0 Å². The summed E-state index contributed by atoms with van der Waals surface area (Å²) in [5.41, 5.74) is 2.96. The van der Waals surface area contributed by atoms with Crippen LogP contribution in [0.5, 0.6) is 0 Å². The molecule has 9 heteroatoms. The second-order valence-electron chi connectivity index (χ2n) is 13.5. The summed E-state index contributed by atoms with van der Waals surface area (Å²) in [6.45, 7) is 14.0. The first-order valence-electron chi connectivity index (χ1n) is 17.5. The summed E-state index contributed by atoms with van der Waals surface area (Å²) >= 11 is 0. The minimum absolute atomic E-state index is 0.0254. The predicted octanol–water partition coefficient (Wildman–Crippen LogP) is 4.27. The molecule has 2 aliphatic carbocycles. The van der Waals surface area contributed by atoms with E-state index in [1.165, 1.54) is 0 Å². The molecule has 0 aromatic rings. The van der Waals surface area contributed by atoms with E-state index in [2.05, 4.69) is 43.4 Å². The molecule has 2 saturated carbocycles. The molecule has 9 nitrogen and oxygen atoms in total. The Morgan fingerprint density at radius 3 is 2.11 bits per heavy atom. The Morgan fingerprint density at radius 1 is 0.909 bits per heavy atom. The number of nitrogens with one attached hydrogen (secondary N) is 2. The summed E-state index contributed by atoms with van der Waals surface area (Å²) in [5, 5.41) is 26.7. The zero-order chi connectivity index (χ0) is 32.6. The number of hydrogen-bond acceptors (Lipinski definition) is 6. The van der Waals surface area contributed by atoms with Gasteiger partial charge < -0.3 is 20.4 Å². The van der Waals surface area contributed by atoms with Gasteiger partial charge in [-0.25, -0.2) is 5.01 Å². The molecule has 5 atom stereocenters. The van der Waals surface area contributed by atoms with Crippen LogP contribution in [0, 0.1) is 41.4 Å². The molecule has 2 fully saturated rings. The maximum absolute atomic E-state index is 14.0. The van der Waals surface area contributed by atoms with Crippen LogP contribution in [0.25, 0.3) is 0 Å². The molecule has 3 amide bonds. The number of rotatable bonds is 17. The summed E-state index contributed by atoms with van der Waals surface area (Å²) < 4.78 is 0. The van der Waals surface area contributed by atoms with E-state index >= 15 is 0 Å². The first-order chi connectivity index (χ1) is 21.0. The summed E-state index contributed by atoms with van der Waals surface area (Å²) in [4.78, 5) is 42.0. The third kappa shape index (κ3) is 12.7. The van der Waals surface area contributed by atoms with Gasteiger partial charge in [0.25, 0.3) is 0 Å². The third-order valence-corrected chi connectivity index (χ3v) is 9.25. The van der Waals surface area contributed by atoms with E-state index < -0.39 is 12.1 Å². The van der Waals surface area contributed by atoms with Crippen molar-refractivity contribution in [2.75, 3.05) is 26.2 Å². The van der Waals surface area contributed by atoms with Gasteiger partial charge in [-0.2, -0.15) is 0 Å². The minimum atomic E-state index is -0.896. The third-order valence-electron chi connectivity index (χ3n) is 9.25. The lowest BCUT2D eigenvalue weighted by atomic mass is 9.74. The van der Waals surface area contributed by atoms with Crippen LogP contribution in [-0.4, -0.2) is 82.3 Å². The Balaban J connectivity index is 2.25. The van der Waals surface area contributed by atoms with Gasteiger partial charge in [0.1, 0.15) is 0 Å². The SMILES string of the molecule is CC#CC1CC(C(=O)NC(CC2CCC(O)CC2)C(O)CN(CCCC)NC(=O)C(C)C)CC(C(=O)N(CCC)CCC)C1. The molecule has 0 aromatic heterocycles. The Hall–Kier alpha value is -2.15. The summed E-state index contributed by atoms with van der Waals surface area (Å²) in [6, 6.07) is -0.508. The standard InChI is InChI=1S/C35H62N4O5/c1-7-11-19-39(37-33(42)25(5)6)24-32(41)31(22-26-13-15-30(40)16-14-26)36-34(43)28-20-27(12-8-2)21-29(23-28)35(44)38(17-9-3)18-10-4/h25-32,40-41H,7,9-11,13-24H2,1-6H3,(H,36,43)(H,37,42). The summed E-state index contributed by atoms with van der Waals surface area (Å²) in [5.74, 6) is 5.61. The molecule has 5 unspecified atom stereocenters. The minimum Gasteiger partial charge on any atom is -0.393 e. The second kappa shape index (κ2) is 20.1. The van der Waals surface area contributed by atoms with Crippen molar-refractivity contribution in [1.29, 1.82) is 0 Å². The lowest BCUT2D eigenvalue weighted by Crippen LogP contribution is -2.55. The van der Waals surface area contributed by atoms with Gasteiger partial charge in [0.15, 0.2) is 0 Å². The van der Waals surface area contributed by atoms with Crippen LogP contribution in [0.15, 0.2) is 0 Å². The average molecular weight is 619 g/mol. The van der Waals surface area contributed by atoms with Crippen molar-refractivity contribution in [3.05, 3.63) is 0 Å². The maximum Gasteiger partial charge on any atom is 0.236 e. The van der Waals surface area contributed by atoms with Crippen LogP contribution in [0.2, 0.25) is 0 Å². The molecule has 0 bridgehead atoms. The van der Waals surface area contributed by atoms with Gasteiger partial charge >= 0.3 is 0 Å². The molecule has 0 saturated heterocycles. The molecule has 2 aliphatic rings. The number of aliphatic hydroxyl groups is 2. The molecular weight excluding hydrogens is 556 g/mol. The quantitative estimate of drug-likeness (QED) is 0.143. The molecular formula is C35H62N4O5. The van der Waals surface area contributed by atoms with E-state index in [1.807, 2.05) is 18.7 Å². The summed E-state index contributed by atoms with van der Waals surface area (Å²) in [7, 11) is 0. The molecule has 0 spiro atoms. The van der Waals surface area contributed by atoms with Gasteiger partial charge in [-0.15, -0.1) is 11.8 Å². The highest BCUT2D eigenvalue weighted by molar-refractivity contribution is 5.83. The molecule has 0 aliphatic heterocycles. The topological polar surface area (TPSA) is 122 Å². The fraction of sp³-hybridized carbons (Fsp3) is 0.857. The summed E-state index contributed by atoms with van der Waals surface area (Å²) in [6.07, 6.45) is 7.95. The van der Waals surface area contributed by atoms with Crippen molar-refractivity contribution in [3.8, 4) is 11.8 Å². The van der Waals surface area contributed by atoms with Gasteiger partial charge in [0, 0.05) is 49.9 Å². The van der Waals surface area contributed by atoms with Crippen molar-refractivity contribution in [2.45, 2.75) is 137 Å². The number of amides is 3. The van der Waals surface area contributed by atoms with Crippen molar-refractivity contribution < 1.29 is 24.6 Å². The first-order valence-corrected chi connectivity index (χ1v) is 17.5. The largest absolute Gasteiger partial charge is 0.393 e. The normalized spacial score (nSPS) is 25.1. The van der Waals surface area contributed by atoms with Crippen molar-refractivity contribution in [3.63, 3.8) is 0 Å². The number of hydrogen-bond donors (Lipinski definition) is 4. The van der Waals surface area contributed by atoms with Gasteiger partial charge in [-0.3, -0.25) is 19.8 Å². The molecule has 44 heavy (non-hydrogen) atoms. The number of nitrogens with zero attached hydrogens (tertiary/aromatic N) is 2. The van der Waals surface area contributed by atoms with E-state index in [1.54, 1.807) is 11.9 Å². The molecule has 0 radical (unpaired) electrons. The Labute approximate surface area is 267 Å². The van der Waals surface area contributed by atoms with Crippen molar-refractivity contribution in [2.24, 2.45) is 29.6 Å². The monoisotopic (exact) mass is 618 g/mol. The fourth-order valence-corrected chi connectivity index (χ4v) is 6.72. The van der Waals surface area contributed by atoms with Gasteiger partial charge in [-0.05, 0) is 83.5 Å². The zero-order valence-corrected chi connectivity index (χ0v) is 28.4. The van der Waals surface area contributed by atoms with E-state index in [0.717, 1.165) is 64.5 Å². The van der Waals surface area contributed by atoms with Crippen molar-refractivity contribution in [1.82, 2.24) is 20.7 Å². The van der Waals surface area contributed by atoms with Crippen LogP contribution in [0.1, 0.15) is 119 Å². The number of hydrazine groups is 1. The smallest absolute Gasteiger partial charge is 0.236 e. The van der Waals surface area contributed by atoms with Gasteiger partial charge in [0.2, 0.25) is 17.7 Å². The fourth-order valence-electron chi connectivity index (χ4n) is 6.72. The van der Waals surface area contributed by atoms with Crippen LogP contribution in [0.3, 0.4) is 0 Å². The Morgan fingerprint density at radius 2 is 1.55 bits per heavy atom. The second-order valence-corrected chi connectivity index (χ2v) is 13.5. The zero-order valence-electron chi connectivity index (χ0n) is 28.4. The number of unbranched alkanes of at least 4 members (excludes halogenated alkanes) is 1. The number of aliphatic hydroxyl groups excluding tert-OH is 2. The van der Waals surface area contributed by atoms with Gasteiger partial charge in [0.05, 0.1) is 18.2 Å². The van der Waals surface area contributed by atoms with E-state index in [9.17, 15) is 24.6 Å². The molecule has 252 valence electrons. The van der Waals surface area contributed by atoms with Crippen LogP contribution >= 0.6 is 0 Å². The van der Waals surface area contributed by atoms with Crippen LogP contribution in [0.4, 0.5) is 0 Å². The molecule has 0 aromatic carbocycles. The first kappa shape index (κ1) is 38.0. The van der Waals surface area contributed by atoms with E-state index in [0.29, 0.717) is 32.2 Å². The van der Waals surface area contributed by atoms with E-state index in [-0.39, 0.29) is 60.0 Å².